The molecule has 0 bridgehead atoms. The van der Waals surface area contributed by atoms with Crippen LogP contribution in [0.3, 0.4) is 0 Å². The SMILES string of the molecule is Cn1c(CCc2cccc(NC(=O)CCC(=O)N3CCCCCC3)c2)nc2ccccc21. The Morgan fingerprint density at radius 1 is 0.938 bits per heavy atom. The van der Waals surface area contributed by atoms with Crippen LogP contribution in [-0.4, -0.2) is 39.4 Å². The van der Waals surface area contributed by atoms with Gasteiger partial charge in [-0.25, -0.2) is 4.98 Å². The molecule has 2 aromatic carbocycles. The molecule has 4 rings (SSSR count). The molecule has 168 valence electrons. The van der Waals surface area contributed by atoms with E-state index in [0.717, 1.165) is 66.9 Å². The van der Waals surface area contributed by atoms with Crippen LogP contribution in [0.5, 0.6) is 0 Å². The van der Waals surface area contributed by atoms with Gasteiger partial charge in [0.2, 0.25) is 11.8 Å². The Morgan fingerprint density at radius 2 is 1.72 bits per heavy atom. The molecule has 0 aliphatic carbocycles. The molecule has 1 saturated heterocycles. The number of imidazole rings is 1. The van der Waals surface area contributed by atoms with Gasteiger partial charge in [0.25, 0.3) is 0 Å². The van der Waals surface area contributed by atoms with Crippen molar-refractivity contribution in [2.45, 2.75) is 51.4 Å². The summed E-state index contributed by atoms with van der Waals surface area (Å²) in [6.07, 6.45) is 6.69. The Bertz CT molecular complexity index is 1080. The third-order valence-corrected chi connectivity index (χ3v) is 6.25. The van der Waals surface area contributed by atoms with Crippen LogP contribution < -0.4 is 5.32 Å². The van der Waals surface area contributed by atoms with Gasteiger partial charge in [0.15, 0.2) is 0 Å². The third kappa shape index (κ3) is 5.55. The number of aryl methyl sites for hydroxylation is 3. The standard InChI is InChI=1S/C26H32N4O2/c1-29-23-12-5-4-11-22(23)28-24(29)14-13-20-9-8-10-21(19-20)27-25(31)15-16-26(32)30-17-6-2-3-7-18-30/h4-5,8-12,19H,2-3,6-7,13-18H2,1H3,(H,27,31). The van der Waals surface area contributed by atoms with Crippen molar-refractivity contribution in [1.29, 1.82) is 0 Å². The van der Waals surface area contributed by atoms with E-state index < -0.39 is 0 Å². The van der Waals surface area contributed by atoms with Gasteiger partial charge in [0, 0.05) is 45.1 Å². The number of amides is 2. The summed E-state index contributed by atoms with van der Waals surface area (Å²) in [5, 5.41) is 2.95. The first-order valence-electron chi connectivity index (χ1n) is 11.7. The third-order valence-electron chi connectivity index (χ3n) is 6.25. The van der Waals surface area contributed by atoms with Gasteiger partial charge in [-0.15, -0.1) is 0 Å². The number of carbonyl (C=O) groups is 2. The molecule has 1 aromatic heterocycles. The van der Waals surface area contributed by atoms with Crippen LogP contribution in [0.15, 0.2) is 48.5 Å². The smallest absolute Gasteiger partial charge is 0.224 e. The minimum atomic E-state index is -0.110. The van der Waals surface area contributed by atoms with Gasteiger partial charge in [0.1, 0.15) is 5.82 Å². The number of aromatic nitrogens is 2. The Kier molecular flexibility index (Phi) is 7.20. The van der Waals surface area contributed by atoms with E-state index in [0.29, 0.717) is 0 Å². The fourth-order valence-corrected chi connectivity index (χ4v) is 4.40. The summed E-state index contributed by atoms with van der Waals surface area (Å²) in [5.41, 5.74) is 4.08. The largest absolute Gasteiger partial charge is 0.343 e. The lowest BCUT2D eigenvalue weighted by Gasteiger charge is -2.20. The van der Waals surface area contributed by atoms with Crippen molar-refractivity contribution >= 4 is 28.5 Å². The van der Waals surface area contributed by atoms with E-state index in [9.17, 15) is 9.59 Å². The van der Waals surface area contributed by atoms with E-state index in [1.165, 1.54) is 12.8 Å². The molecule has 0 saturated carbocycles. The number of fused-ring (bicyclic) bond motifs is 1. The number of benzene rings is 2. The number of nitrogens with zero attached hydrogens (tertiary/aromatic N) is 3. The average Bonchev–Trinajstić information content (AvgIpc) is 2.96. The van der Waals surface area contributed by atoms with Gasteiger partial charge in [-0.1, -0.05) is 37.1 Å². The van der Waals surface area contributed by atoms with Crippen LogP contribution in [0.25, 0.3) is 11.0 Å². The topological polar surface area (TPSA) is 67.2 Å². The van der Waals surface area contributed by atoms with Gasteiger partial charge in [-0.2, -0.15) is 0 Å². The van der Waals surface area contributed by atoms with E-state index >= 15 is 0 Å². The maximum atomic E-state index is 12.4. The van der Waals surface area contributed by atoms with Crippen LogP contribution in [0, 0.1) is 0 Å². The van der Waals surface area contributed by atoms with Crippen molar-refractivity contribution in [2.75, 3.05) is 18.4 Å². The molecule has 1 fully saturated rings. The molecular formula is C26H32N4O2. The summed E-state index contributed by atoms with van der Waals surface area (Å²) in [6, 6.07) is 16.1. The zero-order valence-electron chi connectivity index (χ0n) is 18.8. The van der Waals surface area contributed by atoms with E-state index in [1.54, 1.807) is 0 Å². The average molecular weight is 433 g/mol. The highest BCUT2D eigenvalue weighted by atomic mass is 16.2. The van der Waals surface area contributed by atoms with Gasteiger partial charge in [-0.3, -0.25) is 9.59 Å². The molecule has 1 aliphatic heterocycles. The second-order valence-corrected chi connectivity index (χ2v) is 8.62. The Hall–Kier alpha value is -3.15. The fourth-order valence-electron chi connectivity index (χ4n) is 4.40. The maximum absolute atomic E-state index is 12.4. The minimum absolute atomic E-state index is 0.0956. The molecule has 2 heterocycles. The molecule has 1 N–H and O–H groups in total. The van der Waals surface area contributed by atoms with Crippen molar-refractivity contribution in [2.24, 2.45) is 7.05 Å². The van der Waals surface area contributed by atoms with Crippen molar-refractivity contribution in [3.63, 3.8) is 0 Å². The molecule has 6 nitrogen and oxygen atoms in total. The fraction of sp³-hybridized carbons (Fsp3) is 0.423. The number of likely N-dealkylation sites (tertiary alicyclic amines) is 1. The van der Waals surface area contributed by atoms with Crippen LogP contribution in [0.4, 0.5) is 5.69 Å². The number of hydrogen-bond acceptors (Lipinski definition) is 3. The van der Waals surface area contributed by atoms with Crippen LogP contribution in [-0.2, 0) is 29.5 Å². The van der Waals surface area contributed by atoms with Gasteiger partial charge < -0.3 is 14.8 Å². The molecular weight excluding hydrogens is 400 g/mol. The van der Waals surface area contributed by atoms with E-state index in [-0.39, 0.29) is 24.7 Å². The first kappa shape index (κ1) is 22.1. The predicted molar refractivity (Wildman–Crippen MR) is 127 cm³/mol. The minimum Gasteiger partial charge on any atom is -0.343 e. The number of carbonyl (C=O) groups excluding carboxylic acids is 2. The van der Waals surface area contributed by atoms with Crippen molar-refractivity contribution in [3.8, 4) is 0 Å². The zero-order valence-corrected chi connectivity index (χ0v) is 18.8. The highest BCUT2D eigenvalue weighted by Crippen LogP contribution is 2.18. The van der Waals surface area contributed by atoms with Crippen molar-refractivity contribution < 1.29 is 9.59 Å². The molecule has 1 aliphatic rings. The molecule has 3 aromatic rings. The van der Waals surface area contributed by atoms with Crippen LogP contribution >= 0.6 is 0 Å². The highest BCUT2D eigenvalue weighted by molar-refractivity contribution is 5.93. The molecule has 6 heteroatoms. The summed E-state index contributed by atoms with van der Waals surface area (Å²) in [5.74, 6) is 1.03. The monoisotopic (exact) mass is 432 g/mol. The summed E-state index contributed by atoms with van der Waals surface area (Å²) in [7, 11) is 2.05. The lowest BCUT2D eigenvalue weighted by Crippen LogP contribution is -2.32. The number of rotatable bonds is 7. The summed E-state index contributed by atoms with van der Waals surface area (Å²) >= 11 is 0. The first-order valence-corrected chi connectivity index (χ1v) is 11.7. The molecule has 0 spiro atoms. The first-order chi connectivity index (χ1) is 15.6. The number of para-hydroxylation sites is 2. The number of anilines is 1. The lowest BCUT2D eigenvalue weighted by atomic mass is 10.1. The summed E-state index contributed by atoms with van der Waals surface area (Å²) in [4.78, 5) is 31.5. The van der Waals surface area contributed by atoms with E-state index in [1.807, 2.05) is 48.3 Å². The van der Waals surface area contributed by atoms with Gasteiger partial charge in [-0.05, 0) is 49.1 Å². The summed E-state index contributed by atoms with van der Waals surface area (Å²) in [6.45, 7) is 1.65. The van der Waals surface area contributed by atoms with Crippen LogP contribution in [0.1, 0.15) is 49.9 Å². The predicted octanol–water partition coefficient (Wildman–Crippen LogP) is 4.48. The second-order valence-electron chi connectivity index (χ2n) is 8.62. The van der Waals surface area contributed by atoms with E-state index in [2.05, 4.69) is 22.0 Å². The quantitative estimate of drug-likeness (QED) is 0.599. The Balaban J connectivity index is 1.29. The van der Waals surface area contributed by atoms with Gasteiger partial charge >= 0.3 is 0 Å². The molecule has 0 atom stereocenters. The Labute approximate surface area is 189 Å². The number of hydrogen-bond donors (Lipinski definition) is 1. The molecule has 0 radical (unpaired) electrons. The zero-order chi connectivity index (χ0) is 22.3. The Morgan fingerprint density at radius 3 is 2.50 bits per heavy atom. The normalized spacial score (nSPS) is 14.3. The van der Waals surface area contributed by atoms with Crippen LogP contribution in [0.2, 0.25) is 0 Å². The highest BCUT2D eigenvalue weighted by Gasteiger charge is 2.16. The maximum Gasteiger partial charge on any atom is 0.224 e. The van der Waals surface area contributed by atoms with Crippen molar-refractivity contribution in [1.82, 2.24) is 14.5 Å². The second kappa shape index (κ2) is 10.4. The molecule has 32 heavy (non-hydrogen) atoms. The summed E-state index contributed by atoms with van der Waals surface area (Å²) < 4.78 is 2.14. The van der Waals surface area contributed by atoms with E-state index in [4.69, 9.17) is 4.98 Å². The lowest BCUT2D eigenvalue weighted by molar-refractivity contribution is -0.132. The van der Waals surface area contributed by atoms with Gasteiger partial charge in [0.05, 0.1) is 11.0 Å². The number of nitrogens with one attached hydrogen (secondary N) is 1. The van der Waals surface area contributed by atoms with Crippen molar-refractivity contribution in [3.05, 3.63) is 59.9 Å². The molecule has 2 amide bonds. The molecule has 0 unspecified atom stereocenters.